The molecule has 0 aliphatic heterocycles. The van der Waals surface area contributed by atoms with Crippen LogP contribution in [0.5, 0.6) is 0 Å². The van der Waals surface area contributed by atoms with Crippen molar-refractivity contribution in [3.63, 3.8) is 0 Å². The molecule has 2 atom stereocenters. The Morgan fingerprint density at radius 2 is 1.83 bits per heavy atom. The largest absolute Gasteiger partial charge is 0.396 e. The molecular formula is C16H19Cl3N4O. The maximum absolute atomic E-state index is 12.3. The summed E-state index contributed by atoms with van der Waals surface area (Å²) in [5, 5.41) is 4.24. The molecule has 1 heterocycles. The van der Waals surface area contributed by atoms with E-state index in [2.05, 4.69) is 15.5 Å². The molecule has 2 fully saturated rings. The molecule has 24 heavy (non-hydrogen) atoms. The summed E-state index contributed by atoms with van der Waals surface area (Å²) in [6, 6.07) is 0. The highest BCUT2D eigenvalue weighted by Gasteiger charge is 2.30. The third-order valence-corrected chi connectivity index (χ3v) is 6.11. The summed E-state index contributed by atoms with van der Waals surface area (Å²) >= 11 is 17.8. The lowest BCUT2D eigenvalue weighted by molar-refractivity contribution is 0.0949. The van der Waals surface area contributed by atoms with Gasteiger partial charge in [0.05, 0.1) is 10.7 Å². The summed E-state index contributed by atoms with van der Waals surface area (Å²) in [6.45, 7) is 0. The van der Waals surface area contributed by atoms with Gasteiger partial charge >= 0.3 is 0 Å². The highest BCUT2D eigenvalue weighted by Crippen LogP contribution is 2.39. The van der Waals surface area contributed by atoms with Crippen LogP contribution < -0.4 is 11.2 Å². The fraction of sp³-hybridized carbons (Fsp3) is 0.562. The Morgan fingerprint density at radius 1 is 1.12 bits per heavy atom. The third-order valence-electron chi connectivity index (χ3n) is 4.97. The Morgan fingerprint density at radius 3 is 2.58 bits per heavy atom. The molecule has 0 radical (unpaired) electrons. The number of nitrogen functional groups attached to an aromatic ring is 1. The van der Waals surface area contributed by atoms with Gasteiger partial charge in [-0.1, -0.05) is 54.1 Å². The van der Waals surface area contributed by atoms with Gasteiger partial charge in [0, 0.05) is 5.71 Å². The zero-order valence-electron chi connectivity index (χ0n) is 13.1. The number of halogens is 3. The number of amides is 1. The van der Waals surface area contributed by atoms with E-state index in [4.69, 9.17) is 40.5 Å². The van der Waals surface area contributed by atoms with Crippen LogP contribution in [0.3, 0.4) is 0 Å². The molecule has 0 bridgehead atoms. The molecule has 0 unspecified atom stereocenters. The number of hydrogen-bond acceptors (Lipinski definition) is 4. The summed E-state index contributed by atoms with van der Waals surface area (Å²) in [7, 11) is 0. The molecule has 0 spiro atoms. The van der Waals surface area contributed by atoms with Gasteiger partial charge in [-0.15, -0.1) is 0 Å². The Balaban J connectivity index is 1.69. The van der Waals surface area contributed by atoms with E-state index in [0.717, 1.165) is 30.9 Å². The van der Waals surface area contributed by atoms with Crippen molar-refractivity contribution in [1.82, 2.24) is 10.4 Å². The average molecular weight is 390 g/mol. The van der Waals surface area contributed by atoms with Crippen molar-refractivity contribution in [3.8, 4) is 0 Å². The van der Waals surface area contributed by atoms with Gasteiger partial charge in [-0.3, -0.25) is 4.79 Å². The quantitative estimate of drug-likeness (QED) is 0.568. The highest BCUT2D eigenvalue weighted by molar-refractivity contribution is 6.46. The van der Waals surface area contributed by atoms with Crippen LogP contribution in [-0.4, -0.2) is 16.6 Å². The molecule has 1 aromatic rings. The molecule has 5 nitrogen and oxygen atoms in total. The topological polar surface area (TPSA) is 80.4 Å². The van der Waals surface area contributed by atoms with Crippen molar-refractivity contribution in [1.29, 1.82) is 0 Å². The van der Waals surface area contributed by atoms with Crippen LogP contribution >= 0.6 is 34.8 Å². The maximum atomic E-state index is 12.3. The number of aromatic nitrogens is 1. The predicted octanol–water partition coefficient (Wildman–Crippen LogP) is 4.70. The summed E-state index contributed by atoms with van der Waals surface area (Å²) in [6.07, 6.45) is 8.25. The van der Waals surface area contributed by atoms with Crippen molar-refractivity contribution >= 4 is 52.1 Å². The monoisotopic (exact) mass is 388 g/mol. The first-order valence-electron chi connectivity index (χ1n) is 8.13. The van der Waals surface area contributed by atoms with Crippen molar-refractivity contribution in [2.75, 3.05) is 5.73 Å². The van der Waals surface area contributed by atoms with Gasteiger partial charge in [-0.05, 0) is 37.5 Å². The second kappa shape index (κ2) is 7.46. The third kappa shape index (κ3) is 3.63. The van der Waals surface area contributed by atoms with Gasteiger partial charge in [-0.2, -0.15) is 5.10 Å². The first kappa shape index (κ1) is 17.8. The number of rotatable bonds is 2. The van der Waals surface area contributed by atoms with Crippen LogP contribution in [0.1, 0.15) is 55.4 Å². The summed E-state index contributed by atoms with van der Waals surface area (Å²) in [4.78, 5) is 16.2. The summed E-state index contributed by atoms with van der Waals surface area (Å²) in [5.41, 5.74) is 9.25. The first-order valence-corrected chi connectivity index (χ1v) is 9.26. The van der Waals surface area contributed by atoms with Crippen LogP contribution in [0.15, 0.2) is 5.10 Å². The van der Waals surface area contributed by atoms with Gasteiger partial charge in [-0.25, -0.2) is 10.4 Å². The van der Waals surface area contributed by atoms with Gasteiger partial charge in [0.1, 0.15) is 5.02 Å². The van der Waals surface area contributed by atoms with Crippen molar-refractivity contribution in [2.24, 2.45) is 16.9 Å². The molecule has 0 aromatic carbocycles. The second-order valence-corrected chi connectivity index (χ2v) is 7.57. The standard InChI is InChI=1S/C16H19Cl3N4O/c17-11-13(20)12(18)15(19)21-14(11)16(24)23-22-10-6-5-8-3-1-2-4-9(8)7-10/h8-9H,1-7H2,(H2,20,21)(H,23,24)/b22-10+/t8-,9-/m0/s1. The van der Waals surface area contributed by atoms with Crippen LogP contribution in [-0.2, 0) is 0 Å². The first-order chi connectivity index (χ1) is 11.5. The van der Waals surface area contributed by atoms with Gasteiger partial charge in [0.25, 0.3) is 5.91 Å². The minimum Gasteiger partial charge on any atom is -0.396 e. The van der Waals surface area contributed by atoms with Crippen LogP contribution in [0, 0.1) is 11.8 Å². The van der Waals surface area contributed by atoms with Crippen molar-refractivity contribution in [2.45, 2.75) is 44.9 Å². The van der Waals surface area contributed by atoms with E-state index in [0.29, 0.717) is 5.92 Å². The Kier molecular flexibility index (Phi) is 5.52. The maximum Gasteiger partial charge on any atom is 0.291 e. The molecular weight excluding hydrogens is 371 g/mol. The van der Waals surface area contributed by atoms with Crippen LogP contribution in [0.2, 0.25) is 15.2 Å². The zero-order chi connectivity index (χ0) is 17.3. The van der Waals surface area contributed by atoms with E-state index in [1.165, 1.54) is 25.7 Å². The minimum absolute atomic E-state index is 0.0157. The number of nitrogens with one attached hydrogen (secondary N) is 1. The number of pyridine rings is 1. The predicted molar refractivity (Wildman–Crippen MR) is 97.9 cm³/mol. The molecule has 1 aromatic heterocycles. The van der Waals surface area contributed by atoms with Crippen molar-refractivity contribution < 1.29 is 4.79 Å². The normalized spacial score (nSPS) is 25.4. The molecule has 1 amide bonds. The fourth-order valence-corrected chi connectivity index (χ4v) is 4.25. The fourth-order valence-electron chi connectivity index (χ4n) is 3.66. The van der Waals surface area contributed by atoms with Crippen molar-refractivity contribution in [3.05, 3.63) is 20.9 Å². The molecule has 0 saturated heterocycles. The minimum atomic E-state index is -0.538. The van der Waals surface area contributed by atoms with Gasteiger partial charge in [0.15, 0.2) is 10.8 Å². The van der Waals surface area contributed by atoms with Gasteiger partial charge < -0.3 is 5.73 Å². The zero-order valence-corrected chi connectivity index (χ0v) is 15.4. The number of hydrogen-bond donors (Lipinski definition) is 2. The SMILES string of the molecule is Nc1c(Cl)c(Cl)nc(C(=O)N/N=C2\CC[C@@H]3CCCC[C@H]3C2)c1Cl. The van der Waals surface area contributed by atoms with E-state index in [-0.39, 0.29) is 26.6 Å². The van der Waals surface area contributed by atoms with Gasteiger partial charge in [0.2, 0.25) is 0 Å². The van der Waals surface area contributed by atoms with E-state index in [1.807, 2.05) is 0 Å². The molecule has 2 aliphatic carbocycles. The molecule has 3 rings (SSSR count). The van der Waals surface area contributed by atoms with E-state index < -0.39 is 5.91 Å². The molecule has 2 saturated carbocycles. The smallest absolute Gasteiger partial charge is 0.291 e. The summed E-state index contributed by atoms with van der Waals surface area (Å²) < 4.78 is 0. The van der Waals surface area contributed by atoms with E-state index in [9.17, 15) is 4.79 Å². The number of anilines is 1. The molecule has 3 N–H and O–H groups in total. The molecule has 130 valence electrons. The molecule has 8 heteroatoms. The Hall–Kier alpha value is -1.04. The number of hydrazone groups is 1. The number of nitrogens with two attached hydrogens (primary N) is 1. The number of carbonyl (C=O) groups is 1. The Bertz CT molecular complexity index is 692. The lowest BCUT2D eigenvalue weighted by Crippen LogP contribution is -2.30. The number of nitrogens with zero attached hydrogens (tertiary/aromatic N) is 2. The lowest BCUT2D eigenvalue weighted by atomic mass is 9.70. The second-order valence-electron chi connectivity index (χ2n) is 6.46. The van der Waals surface area contributed by atoms with E-state index >= 15 is 0 Å². The number of fused-ring (bicyclic) bond motifs is 1. The lowest BCUT2D eigenvalue weighted by Gasteiger charge is -2.35. The Labute approximate surface area is 155 Å². The summed E-state index contributed by atoms with van der Waals surface area (Å²) in [5.74, 6) is 0.980. The van der Waals surface area contributed by atoms with E-state index in [1.54, 1.807) is 0 Å². The number of carbonyl (C=O) groups excluding carboxylic acids is 1. The highest BCUT2D eigenvalue weighted by atomic mass is 35.5. The van der Waals surface area contributed by atoms with Crippen LogP contribution in [0.25, 0.3) is 0 Å². The van der Waals surface area contributed by atoms with Crippen LogP contribution in [0.4, 0.5) is 5.69 Å². The molecule has 2 aliphatic rings. The average Bonchev–Trinajstić information content (AvgIpc) is 2.60.